The van der Waals surface area contributed by atoms with Crippen molar-refractivity contribution in [2.24, 2.45) is 5.92 Å². The third-order valence-electron chi connectivity index (χ3n) is 4.21. The molecule has 0 aliphatic carbocycles. The zero-order valence-electron chi connectivity index (χ0n) is 14.7. The molecule has 0 saturated carbocycles. The van der Waals surface area contributed by atoms with Gasteiger partial charge in [0.15, 0.2) is 0 Å². The van der Waals surface area contributed by atoms with Gasteiger partial charge < -0.3 is 15.0 Å². The number of hydrogen-bond donors (Lipinski definition) is 1. The molecule has 6 nitrogen and oxygen atoms in total. The van der Waals surface area contributed by atoms with Gasteiger partial charge in [-0.1, -0.05) is 32.0 Å². The lowest BCUT2D eigenvalue weighted by atomic mass is 10.1. The Morgan fingerprint density at radius 2 is 1.83 bits per heavy atom. The molecule has 6 heteroatoms. The van der Waals surface area contributed by atoms with E-state index < -0.39 is 0 Å². The van der Waals surface area contributed by atoms with E-state index in [0.29, 0.717) is 26.2 Å². The van der Waals surface area contributed by atoms with Crippen LogP contribution in [0.15, 0.2) is 24.3 Å². The monoisotopic (exact) mass is 333 g/mol. The molecule has 132 valence electrons. The minimum absolute atomic E-state index is 0.00968. The molecule has 2 rings (SSSR count). The van der Waals surface area contributed by atoms with Crippen molar-refractivity contribution in [2.75, 3.05) is 39.8 Å². The van der Waals surface area contributed by atoms with Crippen LogP contribution in [-0.4, -0.2) is 61.4 Å². The van der Waals surface area contributed by atoms with Crippen molar-refractivity contribution >= 4 is 11.8 Å². The predicted molar refractivity (Wildman–Crippen MR) is 92.7 cm³/mol. The van der Waals surface area contributed by atoms with Crippen molar-refractivity contribution in [1.82, 2.24) is 15.1 Å². The maximum absolute atomic E-state index is 12.1. The first-order chi connectivity index (χ1) is 11.5. The number of carbonyl (C=O) groups excluding carboxylic acids is 2. The molecule has 1 aliphatic heterocycles. The molecule has 1 N–H and O–H groups in total. The summed E-state index contributed by atoms with van der Waals surface area (Å²) in [7, 11) is 1.62. The van der Waals surface area contributed by atoms with Crippen molar-refractivity contribution in [3.8, 4) is 5.75 Å². The number of nitrogens with zero attached hydrogens (tertiary/aromatic N) is 2. The van der Waals surface area contributed by atoms with E-state index in [1.165, 1.54) is 0 Å². The molecule has 1 aromatic carbocycles. The summed E-state index contributed by atoms with van der Waals surface area (Å²) in [4.78, 5) is 28.1. The van der Waals surface area contributed by atoms with Gasteiger partial charge >= 0.3 is 0 Å². The maximum Gasteiger partial charge on any atom is 0.234 e. The summed E-state index contributed by atoms with van der Waals surface area (Å²) in [5.74, 6) is 0.985. The Balaban J connectivity index is 1.75. The van der Waals surface area contributed by atoms with Gasteiger partial charge in [-0.15, -0.1) is 0 Å². The van der Waals surface area contributed by atoms with E-state index in [-0.39, 0.29) is 17.7 Å². The quantitative estimate of drug-likeness (QED) is 0.847. The van der Waals surface area contributed by atoms with Crippen LogP contribution < -0.4 is 10.1 Å². The minimum Gasteiger partial charge on any atom is -0.496 e. The molecule has 1 aliphatic rings. The summed E-state index contributed by atoms with van der Waals surface area (Å²) >= 11 is 0. The number of ether oxygens (including phenoxy) is 1. The van der Waals surface area contributed by atoms with Gasteiger partial charge in [-0.05, 0) is 6.07 Å². The summed E-state index contributed by atoms with van der Waals surface area (Å²) < 4.78 is 5.28. The summed E-state index contributed by atoms with van der Waals surface area (Å²) in [5.41, 5.74) is 0.959. The molecular formula is C18H27N3O3. The first kappa shape index (κ1) is 18.3. The number of nitrogens with one attached hydrogen (secondary N) is 1. The van der Waals surface area contributed by atoms with E-state index >= 15 is 0 Å². The lowest BCUT2D eigenvalue weighted by Gasteiger charge is -2.35. The number of methoxy groups -OCH3 is 1. The molecule has 0 aromatic heterocycles. The molecule has 0 bridgehead atoms. The third-order valence-corrected chi connectivity index (χ3v) is 4.21. The number of rotatable bonds is 6. The van der Waals surface area contributed by atoms with E-state index in [2.05, 4.69) is 10.2 Å². The van der Waals surface area contributed by atoms with Crippen molar-refractivity contribution < 1.29 is 14.3 Å². The summed E-state index contributed by atoms with van der Waals surface area (Å²) in [6.07, 6.45) is 0. The number of hydrogen-bond acceptors (Lipinski definition) is 4. The second-order valence-electron chi connectivity index (χ2n) is 6.34. The van der Waals surface area contributed by atoms with Crippen LogP contribution in [0.3, 0.4) is 0 Å². The lowest BCUT2D eigenvalue weighted by Crippen LogP contribution is -2.51. The fraction of sp³-hybridized carbons (Fsp3) is 0.556. The number of piperazine rings is 1. The smallest absolute Gasteiger partial charge is 0.234 e. The number of carbonyl (C=O) groups is 2. The number of amides is 2. The van der Waals surface area contributed by atoms with E-state index in [1.807, 2.05) is 43.0 Å². The average Bonchev–Trinajstić information content (AvgIpc) is 2.60. The Morgan fingerprint density at radius 3 is 2.46 bits per heavy atom. The van der Waals surface area contributed by atoms with Crippen LogP contribution >= 0.6 is 0 Å². The molecule has 1 aromatic rings. The second kappa shape index (κ2) is 8.68. The van der Waals surface area contributed by atoms with Crippen LogP contribution in [0.25, 0.3) is 0 Å². The first-order valence-corrected chi connectivity index (χ1v) is 8.41. The molecule has 24 heavy (non-hydrogen) atoms. The Morgan fingerprint density at radius 1 is 1.17 bits per heavy atom. The van der Waals surface area contributed by atoms with Gasteiger partial charge in [0.2, 0.25) is 11.8 Å². The average molecular weight is 333 g/mol. The highest BCUT2D eigenvalue weighted by molar-refractivity contribution is 5.79. The molecule has 0 unspecified atom stereocenters. The van der Waals surface area contributed by atoms with Crippen molar-refractivity contribution in [1.29, 1.82) is 0 Å². The molecule has 1 fully saturated rings. The standard InChI is InChI=1S/C18H27N3O3/c1-14(2)18(23)21-10-8-20(9-11-21)13-17(22)19-12-15-6-4-5-7-16(15)24-3/h4-7,14H,8-13H2,1-3H3,(H,19,22). The third kappa shape index (κ3) is 4.96. The summed E-state index contributed by atoms with van der Waals surface area (Å²) in [6, 6.07) is 7.65. The highest BCUT2D eigenvalue weighted by atomic mass is 16.5. The van der Waals surface area contributed by atoms with Gasteiger partial charge in [0.25, 0.3) is 0 Å². The largest absolute Gasteiger partial charge is 0.496 e. The fourth-order valence-corrected chi connectivity index (χ4v) is 2.79. The Hall–Kier alpha value is -2.08. The van der Waals surface area contributed by atoms with Crippen LogP contribution in [-0.2, 0) is 16.1 Å². The van der Waals surface area contributed by atoms with Crippen molar-refractivity contribution in [3.05, 3.63) is 29.8 Å². The fourth-order valence-electron chi connectivity index (χ4n) is 2.79. The minimum atomic E-state index is -0.00968. The normalized spacial score (nSPS) is 15.4. The van der Waals surface area contributed by atoms with Crippen LogP contribution in [0.1, 0.15) is 19.4 Å². The molecule has 1 saturated heterocycles. The zero-order chi connectivity index (χ0) is 17.5. The molecule has 0 radical (unpaired) electrons. The summed E-state index contributed by atoms with van der Waals surface area (Å²) in [6.45, 7) is 7.50. The molecule has 0 spiro atoms. The van der Waals surface area contributed by atoms with E-state index in [9.17, 15) is 9.59 Å². The van der Waals surface area contributed by atoms with Crippen LogP contribution in [0.5, 0.6) is 5.75 Å². The molecule has 1 heterocycles. The highest BCUT2D eigenvalue weighted by Crippen LogP contribution is 2.16. The van der Waals surface area contributed by atoms with Crippen LogP contribution in [0.2, 0.25) is 0 Å². The molecule has 0 atom stereocenters. The Bertz CT molecular complexity index is 566. The first-order valence-electron chi connectivity index (χ1n) is 8.41. The molecular weight excluding hydrogens is 306 g/mol. The van der Waals surface area contributed by atoms with Gasteiger partial charge in [0.1, 0.15) is 5.75 Å². The predicted octanol–water partition coefficient (Wildman–Crippen LogP) is 1.11. The van der Waals surface area contributed by atoms with Gasteiger partial charge in [-0.2, -0.15) is 0 Å². The highest BCUT2D eigenvalue weighted by Gasteiger charge is 2.23. The van der Waals surface area contributed by atoms with Gasteiger partial charge in [0, 0.05) is 44.2 Å². The Labute approximate surface area is 143 Å². The van der Waals surface area contributed by atoms with Crippen LogP contribution in [0, 0.1) is 5.92 Å². The zero-order valence-corrected chi connectivity index (χ0v) is 14.7. The lowest BCUT2D eigenvalue weighted by molar-refractivity contribution is -0.136. The van der Waals surface area contributed by atoms with E-state index in [1.54, 1.807) is 7.11 Å². The van der Waals surface area contributed by atoms with E-state index in [4.69, 9.17) is 4.74 Å². The number of benzene rings is 1. The topological polar surface area (TPSA) is 61.9 Å². The number of para-hydroxylation sites is 1. The van der Waals surface area contributed by atoms with E-state index in [0.717, 1.165) is 24.4 Å². The van der Waals surface area contributed by atoms with Gasteiger partial charge in [0.05, 0.1) is 13.7 Å². The van der Waals surface area contributed by atoms with Gasteiger partial charge in [-0.25, -0.2) is 0 Å². The van der Waals surface area contributed by atoms with Crippen LogP contribution in [0.4, 0.5) is 0 Å². The summed E-state index contributed by atoms with van der Waals surface area (Å²) in [5, 5.41) is 2.93. The van der Waals surface area contributed by atoms with Gasteiger partial charge in [-0.3, -0.25) is 14.5 Å². The second-order valence-corrected chi connectivity index (χ2v) is 6.34. The SMILES string of the molecule is COc1ccccc1CNC(=O)CN1CCN(C(=O)C(C)C)CC1. The Kier molecular flexibility index (Phi) is 6.61. The molecule has 2 amide bonds. The van der Waals surface area contributed by atoms with Crippen molar-refractivity contribution in [2.45, 2.75) is 20.4 Å². The van der Waals surface area contributed by atoms with Crippen molar-refractivity contribution in [3.63, 3.8) is 0 Å². The maximum atomic E-state index is 12.1.